The van der Waals surface area contributed by atoms with Crippen LogP contribution in [0.2, 0.25) is 0 Å². The number of allylic oxidation sites excluding steroid dienone is 4. The molecule has 13 heavy (non-hydrogen) atoms. The molecule has 0 rings (SSSR count). The number of hydrogen-bond donors (Lipinski definition) is 0. The zero-order chi connectivity index (χ0) is 9.78. The van der Waals surface area contributed by atoms with Crippen molar-refractivity contribution in [1.29, 1.82) is 0 Å². The molecule has 0 aromatic heterocycles. The monoisotopic (exact) mass is 180 g/mol. The van der Waals surface area contributed by atoms with Crippen LogP contribution in [-0.2, 0) is 4.79 Å². The fourth-order valence-electron chi connectivity index (χ4n) is 1.05. The van der Waals surface area contributed by atoms with Crippen LogP contribution in [0.25, 0.3) is 0 Å². The van der Waals surface area contributed by atoms with Gasteiger partial charge in [0.05, 0.1) is 0 Å². The van der Waals surface area contributed by atoms with Crippen LogP contribution >= 0.6 is 0 Å². The SMILES string of the molecule is CCCCCC=CCC=CCC=O. The van der Waals surface area contributed by atoms with Crippen molar-refractivity contribution in [1.82, 2.24) is 0 Å². The van der Waals surface area contributed by atoms with Gasteiger partial charge in [0.25, 0.3) is 0 Å². The third-order valence-electron chi connectivity index (χ3n) is 1.81. The van der Waals surface area contributed by atoms with E-state index in [4.69, 9.17) is 0 Å². The molecule has 0 fully saturated rings. The second-order valence-electron chi connectivity index (χ2n) is 3.08. The lowest BCUT2D eigenvalue weighted by atomic mass is 10.2. The summed E-state index contributed by atoms with van der Waals surface area (Å²) < 4.78 is 0. The highest BCUT2D eigenvalue weighted by Gasteiger charge is 1.80. The predicted octanol–water partition coefficient (Wildman–Crippen LogP) is 3.66. The molecule has 0 aliphatic heterocycles. The Labute approximate surface area is 81.5 Å². The highest BCUT2D eigenvalue weighted by Crippen LogP contribution is 2.00. The van der Waals surface area contributed by atoms with Gasteiger partial charge in [0.1, 0.15) is 6.29 Å². The van der Waals surface area contributed by atoms with E-state index in [9.17, 15) is 4.79 Å². The quantitative estimate of drug-likeness (QED) is 0.316. The van der Waals surface area contributed by atoms with Gasteiger partial charge >= 0.3 is 0 Å². The minimum absolute atomic E-state index is 0.545. The molecule has 0 unspecified atom stereocenters. The Morgan fingerprint density at radius 1 is 0.923 bits per heavy atom. The van der Waals surface area contributed by atoms with Gasteiger partial charge in [-0.15, -0.1) is 0 Å². The highest BCUT2D eigenvalue weighted by molar-refractivity contribution is 5.51. The van der Waals surface area contributed by atoms with Gasteiger partial charge in [0.15, 0.2) is 0 Å². The van der Waals surface area contributed by atoms with Gasteiger partial charge in [-0.3, -0.25) is 0 Å². The summed E-state index contributed by atoms with van der Waals surface area (Å²) >= 11 is 0. The van der Waals surface area contributed by atoms with Crippen molar-refractivity contribution in [2.45, 2.75) is 45.4 Å². The molecule has 74 valence electrons. The highest BCUT2D eigenvalue weighted by atomic mass is 16.1. The molecule has 0 N–H and O–H groups in total. The zero-order valence-electron chi connectivity index (χ0n) is 8.54. The first-order valence-corrected chi connectivity index (χ1v) is 5.15. The first-order chi connectivity index (χ1) is 6.41. The largest absolute Gasteiger partial charge is 0.303 e. The van der Waals surface area contributed by atoms with E-state index in [1.807, 2.05) is 12.2 Å². The Bertz CT molecular complexity index is 157. The molecule has 0 heterocycles. The molecule has 1 nitrogen and oxygen atoms in total. The van der Waals surface area contributed by atoms with Crippen LogP contribution in [0.4, 0.5) is 0 Å². The van der Waals surface area contributed by atoms with E-state index in [-0.39, 0.29) is 0 Å². The second kappa shape index (κ2) is 11.2. The molecular formula is C12H20O. The summed E-state index contributed by atoms with van der Waals surface area (Å²) in [5.74, 6) is 0. The molecule has 1 heteroatoms. The maximum atomic E-state index is 9.94. The van der Waals surface area contributed by atoms with E-state index >= 15 is 0 Å². The topological polar surface area (TPSA) is 17.1 Å². The van der Waals surface area contributed by atoms with Crippen LogP contribution in [-0.4, -0.2) is 6.29 Å². The maximum absolute atomic E-state index is 9.94. The van der Waals surface area contributed by atoms with Crippen molar-refractivity contribution in [3.63, 3.8) is 0 Å². The molecule has 0 aromatic carbocycles. The number of hydrogen-bond acceptors (Lipinski definition) is 1. The van der Waals surface area contributed by atoms with E-state index < -0.39 is 0 Å². The zero-order valence-corrected chi connectivity index (χ0v) is 8.54. The predicted molar refractivity (Wildman–Crippen MR) is 57.7 cm³/mol. The van der Waals surface area contributed by atoms with Gasteiger partial charge in [0.2, 0.25) is 0 Å². The molecule has 0 amide bonds. The van der Waals surface area contributed by atoms with Gasteiger partial charge in [-0.25, -0.2) is 0 Å². The number of rotatable bonds is 8. The van der Waals surface area contributed by atoms with Gasteiger partial charge in [-0.1, -0.05) is 44.1 Å². The minimum atomic E-state index is 0.545. The molecule has 0 atom stereocenters. The average molecular weight is 180 g/mol. The summed E-state index contributed by atoms with van der Waals surface area (Å²) in [6.45, 7) is 2.21. The fourth-order valence-corrected chi connectivity index (χ4v) is 1.05. The van der Waals surface area contributed by atoms with E-state index in [0.29, 0.717) is 6.42 Å². The Hall–Kier alpha value is -0.850. The first kappa shape index (κ1) is 12.2. The van der Waals surface area contributed by atoms with Crippen molar-refractivity contribution >= 4 is 6.29 Å². The second-order valence-corrected chi connectivity index (χ2v) is 3.08. The summed E-state index contributed by atoms with van der Waals surface area (Å²) in [4.78, 5) is 9.94. The Kier molecular flexibility index (Phi) is 10.4. The first-order valence-electron chi connectivity index (χ1n) is 5.15. The standard InChI is InChI=1S/C12H20O/c1-2-3-4-5-6-7-8-9-10-11-12-13/h6-7,9-10,12H,2-5,8,11H2,1H3. The molecule has 0 aromatic rings. The summed E-state index contributed by atoms with van der Waals surface area (Å²) in [6, 6.07) is 0. The minimum Gasteiger partial charge on any atom is -0.303 e. The van der Waals surface area contributed by atoms with Gasteiger partial charge in [-0.05, 0) is 19.3 Å². The van der Waals surface area contributed by atoms with Crippen LogP contribution in [0.3, 0.4) is 0 Å². The van der Waals surface area contributed by atoms with Gasteiger partial charge in [-0.2, -0.15) is 0 Å². The van der Waals surface area contributed by atoms with Crippen LogP contribution in [0.1, 0.15) is 45.4 Å². The molecule has 0 aliphatic carbocycles. The summed E-state index contributed by atoms with van der Waals surface area (Å²) in [6.07, 6.45) is 15.8. The number of aldehydes is 1. The molecule has 0 spiro atoms. The van der Waals surface area contributed by atoms with Crippen molar-refractivity contribution in [3.8, 4) is 0 Å². The number of unbranched alkanes of at least 4 members (excludes halogenated alkanes) is 3. The number of carbonyl (C=O) groups is 1. The van der Waals surface area contributed by atoms with Crippen molar-refractivity contribution < 1.29 is 4.79 Å². The van der Waals surface area contributed by atoms with Crippen molar-refractivity contribution in [2.75, 3.05) is 0 Å². The van der Waals surface area contributed by atoms with E-state index in [2.05, 4.69) is 19.1 Å². The molecule has 0 saturated heterocycles. The Morgan fingerprint density at radius 3 is 2.31 bits per heavy atom. The molecule has 0 radical (unpaired) electrons. The Balaban J connectivity index is 3.16. The summed E-state index contributed by atoms with van der Waals surface area (Å²) in [5, 5.41) is 0. The lowest BCUT2D eigenvalue weighted by molar-refractivity contribution is -0.107. The third kappa shape index (κ3) is 11.1. The van der Waals surface area contributed by atoms with Crippen molar-refractivity contribution in [2.24, 2.45) is 0 Å². The normalized spacial score (nSPS) is 11.5. The van der Waals surface area contributed by atoms with E-state index in [0.717, 1.165) is 12.7 Å². The lowest BCUT2D eigenvalue weighted by Crippen LogP contribution is -1.70. The van der Waals surface area contributed by atoms with Crippen LogP contribution in [0.15, 0.2) is 24.3 Å². The van der Waals surface area contributed by atoms with Crippen LogP contribution in [0, 0.1) is 0 Å². The van der Waals surface area contributed by atoms with Crippen LogP contribution < -0.4 is 0 Å². The van der Waals surface area contributed by atoms with Crippen molar-refractivity contribution in [3.05, 3.63) is 24.3 Å². The molecule has 0 saturated carbocycles. The fraction of sp³-hybridized carbons (Fsp3) is 0.583. The Morgan fingerprint density at radius 2 is 1.62 bits per heavy atom. The number of carbonyl (C=O) groups excluding carboxylic acids is 1. The molecule has 0 bridgehead atoms. The maximum Gasteiger partial charge on any atom is 0.123 e. The summed E-state index contributed by atoms with van der Waals surface area (Å²) in [5.41, 5.74) is 0. The van der Waals surface area contributed by atoms with Gasteiger partial charge in [0, 0.05) is 6.42 Å². The van der Waals surface area contributed by atoms with Crippen LogP contribution in [0.5, 0.6) is 0 Å². The molecule has 0 aliphatic rings. The molecular weight excluding hydrogens is 160 g/mol. The summed E-state index contributed by atoms with van der Waals surface area (Å²) in [7, 11) is 0. The average Bonchev–Trinajstić information content (AvgIpc) is 2.16. The smallest absolute Gasteiger partial charge is 0.123 e. The lowest BCUT2D eigenvalue weighted by Gasteiger charge is -1.90. The third-order valence-corrected chi connectivity index (χ3v) is 1.81. The van der Waals surface area contributed by atoms with E-state index in [1.165, 1.54) is 25.7 Å². The van der Waals surface area contributed by atoms with Gasteiger partial charge < -0.3 is 4.79 Å². The van der Waals surface area contributed by atoms with E-state index in [1.54, 1.807) is 0 Å².